The topological polar surface area (TPSA) is 94.2 Å². The number of carbonyl (C=O) groups excluding carboxylic acids is 2. The average molecular weight is 581 g/mol. The van der Waals surface area contributed by atoms with E-state index in [1.54, 1.807) is 29.9 Å². The van der Waals surface area contributed by atoms with Crippen molar-refractivity contribution in [1.82, 2.24) is 29.5 Å². The van der Waals surface area contributed by atoms with Gasteiger partial charge in [0.05, 0.1) is 18.2 Å². The van der Waals surface area contributed by atoms with Gasteiger partial charge >= 0.3 is 6.18 Å². The molecule has 3 aromatic heterocycles. The zero-order chi connectivity index (χ0) is 29.4. The number of hydrogen-bond acceptors (Lipinski definition) is 5. The van der Waals surface area contributed by atoms with Crippen LogP contribution in [0.5, 0.6) is 0 Å². The smallest absolute Gasteiger partial charge is 0.342 e. The average Bonchev–Trinajstić information content (AvgIpc) is 3.50. The van der Waals surface area contributed by atoms with Crippen molar-refractivity contribution in [3.8, 4) is 0 Å². The van der Waals surface area contributed by atoms with E-state index in [0.29, 0.717) is 35.2 Å². The Labute approximate surface area is 233 Å². The third-order valence-electron chi connectivity index (χ3n) is 8.25. The second-order valence-electron chi connectivity index (χ2n) is 11.3. The largest absolute Gasteiger partial charge is 0.389 e. The maximum absolute atomic E-state index is 13.9. The molecule has 2 saturated carbocycles. The first-order valence-corrected chi connectivity index (χ1v) is 14.0. The molecule has 2 atom stereocenters. The number of aromatic nitrogens is 5. The fraction of sp³-hybridized carbons (Fsp3) is 0.607. The Kier molecular flexibility index (Phi) is 8.15. The first kappa shape index (κ1) is 29.1. The van der Waals surface area contributed by atoms with Crippen molar-refractivity contribution in [3.63, 3.8) is 0 Å². The van der Waals surface area contributed by atoms with E-state index in [2.05, 4.69) is 10.4 Å². The van der Waals surface area contributed by atoms with Gasteiger partial charge < -0.3 is 5.32 Å². The van der Waals surface area contributed by atoms with E-state index >= 15 is 0 Å². The normalized spacial score (nSPS) is 19.3. The lowest BCUT2D eigenvalue weighted by Gasteiger charge is -2.33. The predicted molar refractivity (Wildman–Crippen MR) is 138 cm³/mol. The van der Waals surface area contributed by atoms with Crippen molar-refractivity contribution >= 4 is 17.5 Å². The number of hydrogen-bond donors (Lipinski definition) is 1. The molecule has 2 fully saturated rings. The van der Waals surface area contributed by atoms with E-state index in [1.165, 1.54) is 10.9 Å². The van der Waals surface area contributed by atoms with Gasteiger partial charge in [-0.25, -0.2) is 18.7 Å². The molecule has 2 aliphatic carbocycles. The van der Waals surface area contributed by atoms with E-state index in [0.717, 1.165) is 12.8 Å². The molecule has 0 bridgehead atoms. The van der Waals surface area contributed by atoms with Gasteiger partial charge in [-0.05, 0) is 56.1 Å². The van der Waals surface area contributed by atoms with Crippen molar-refractivity contribution < 1.29 is 31.5 Å². The molecule has 0 unspecified atom stereocenters. The number of Topliss-reactive ketones (excluding diaryl/α,β-unsaturated/α-hetero) is 1. The standard InChI is InChI=1S/C28H33F5N6O2/c1-38-23(9-14-34-38)25(41)37-24(18-6-11-27(29,30)12-7-18)22-16-39-15-10-21(35-26(39)36-22)20(17-2-3-17)5-4-19(40)8-13-28(31,32)33/h9-10,14-18,20,24H,2-8,11-13H2,1H3,(H,37,41)/t20-,24+/m1/s1. The van der Waals surface area contributed by atoms with Gasteiger partial charge in [0.15, 0.2) is 0 Å². The molecule has 3 aromatic rings. The highest BCUT2D eigenvalue weighted by Crippen LogP contribution is 2.45. The summed E-state index contributed by atoms with van der Waals surface area (Å²) < 4.78 is 68.6. The molecule has 5 rings (SSSR count). The van der Waals surface area contributed by atoms with Crippen molar-refractivity contribution in [2.45, 2.75) is 88.3 Å². The highest BCUT2D eigenvalue weighted by Gasteiger charge is 2.40. The van der Waals surface area contributed by atoms with Gasteiger partial charge in [-0.2, -0.15) is 18.3 Å². The number of amides is 1. The Morgan fingerprint density at radius 2 is 1.76 bits per heavy atom. The summed E-state index contributed by atoms with van der Waals surface area (Å²) in [6.07, 6.45) is 1.33. The minimum absolute atomic E-state index is 0.0538. The summed E-state index contributed by atoms with van der Waals surface area (Å²) in [5.41, 5.74) is 1.55. The first-order valence-electron chi connectivity index (χ1n) is 14.0. The van der Waals surface area contributed by atoms with Crippen LogP contribution in [0.15, 0.2) is 30.7 Å². The Bertz CT molecular complexity index is 1390. The number of aryl methyl sites for hydroxylation is 1. The van der Waals surface area contributed by atoms with Crippen LogP contribution in [0.1, 0.15) is 98.0 Å². The van der Waals surface area contributed by atoms with E-state index < -0.39 is 36.8 Å². The molecule has 3 heterocycles. The SMILES string of the molecule is Cn1nccc1C(=O)N[C@H](c1cn2ccc([C@H](CCC(=O)CCC(F)(F)F)C3CC3)nc2n1)C1CCC(F)(F)CC1. The quantitative estimate of drug-likeness (QED) is 0.283. The predicted octanol–water partition coefficient (Wildman–Crippen LogP) is 5.94. The molecule has 0 spiro atoms. The maximum Gasteiger partial charge on any atom is 0.389 e. The summed E-state index contributed by atoms with van der Waals surface area (Å²) >= 11 is 0. The van der Waals surface area contributed by atoms with Crippen molar-refractivity contribution in [2.75, 3.05) is 0 Å². The molecule has 222 valence electrons. The van der Waals surface area contributed by atoms with Crippen LogP contribution in [0.3, 0.4) is 0 Å². The van der Waals surface area contributed by atoms with Gasteiger partial charge in [0.1, 0.15) is 11.5 Å². The van der Waals surface area contributed by atoms with Crippen LogP contribution in [0.4, 0.5) is 22.0 Å². The molecule has 1 amide bonds. The van der Waals surface area contributed by atoms with Crippen LogP contribution >= 0.6 is 0 Å². The Morgan fingerprint density at radius 3 is 2.39 bits per heavy atom. The molecule has 13 heteroatoms. The number of halogens is 5. The summed E-state index contributed by atoms with van der Waals surface area (Å²) in [5, 5.41) is 7.02. The molecule has 41 heavy (non-hydrogen) atoms. The van der Waals surface area contributed by atoms with Gasteiger partial charge in [-0.15, -0.1) is 0 Å². The van der Waals surface area contributed by atoms with Crippen LogP contribution in [0.2, 0.25) is 0 Å². The van der Waals surface area contributed by atoms with Gasteiger partial charge in [-0.1, -0.05) is 0 Å². The summed E-state index contributed by atoms with van der Waals surface area (Å²) in [4.78, 5) is 34.6. The molecule has 0 radical (unpaired) electrons. The number of nitrogens with one attached hydrogen (secondary N) is 1. The summed E-state index contributed by atoms with van der Waals surface area (Å²) in [5.74, 6) is -3.18. The summed E-state index contributed by atoms with van der Waals surface area (Å²) in [6, 6.07) is 2.78. The van der Waals surface area contributed by atoms with E-state index in [9.17, 15) is 31.5 Å². The lowest BCUT2D eigenvalue weighted by atomic mass is 9.81. The van der Waals surface area contributed by atoms with Gasteiger partial charge in [0.2, 0.25) is 11.7 Å². The van der Waals surface area contributed by atoms with Crippen LogP contribution in [0, 0.1) is 11.8 Å². The second-order valence-corrected chi connectivity index (χ2v) is 11.3. The molecular formula is C28H33F5N6O2. The van der Waals surface area contributed by atoms with Gasteiger partial charge in [0, 0.05) is 62.9 Å². The van der Waals surface area contributed by atoms with Crippen molar-refractivity contribution in [1.29, 1.82) is 0 Å². The number of ketones is 1. The zero-order valence-electron chi connectivity index (χ0n) is 22.7. The lowest BCUT2D eigenvalue weighted by molar-refractivity contribution is -0.143. The third-order valence-corrected chi connectivity index (χ3v) is 8.25. The van der Waals surface area contributed by atoms with Crippen molar-refractivity contribution in [3.05, 3.63) is 47.8 Å². The minimum Gasteiger partial charge on any atom is -0.342 e. The number of alkyl halides is 5. The third kappa shape index (κ3) is 7.28. The molecular weight excluding hydrogens is 547 g/mol. The van der Waals surface area contributed by atoms with Gasteiger partial charge in [0.25, 0.3) is 5.91 Å². The highest BCUT2D eigenvalue weighted by atomic mass is 19.4. The second kappa shape index (κ2) is 11.5. The Morgan fingerprint density at radius 1 is 1.05 bits per heavy atom. The van der Waals surface area contributed by atoms with E-state index in [4.69, 9.17) is 9.97 Å². The fourth-order valence-electron chi connectivity index (χ4n) is 5.75. The monoisotopic (exact) mass is 580 g/mol. The lowest BCUT2D eigenvalue weighted by Crippen LogP contribution is -2.38. The molecule has 0 saturated heterocycles. The fourth-order valence-corrected chi connectivity index (χ4v) is 5.75. The number of rotatable bonds is 11. The van der Waals surface area contributed by atoms with Crippen LogP contribution < -0.4 is 5.32 Å². The van der Waals surface area contributed by atoms with Crippen LogP contribution in [-0.4, -0.2) is 47.9 Å². The van der Waals surface area contributed by atoms with Crippen LogP contribution in [0.25, 0.3) is 5.78 Å². The maximum atomic E-state index is 13.9. The first-order chi connectivity index (χ1) is 19.4. The van der Waals surface area contributed by atoms with Gasteiger partial charge in [-0.3, -0.25) is 18.7 Å². The van der Waals surface area contributed by atoms with E-state index in [-0.39, 0.29) is 49.8 Å². The van der Waals surface area contributed by atoms with Crippen molar-refractivity contribution in [2.24, 2.45) is 18.9 Å². The summed E-state index contributed by atoms with van der Waals surface area (Å²) in [6.45, 7) is 0. The number of nitrogens with zero attached hydrogens (tertiary/aromatic N) is 5. The number of imidazole rings is 1. The zero-order valence-corrected chi connectivity index (χ0v) is 22.7. The summed E-state index contributed by atoms with van der Waals surface area (Å²) in [7, 11) is 1.64. The number of fused-ring (bicyclic) bond motifs is 1. The minimum atomic E-state index is -4.36. The van der Waals surface area contributed by atoms with Crippen LogP contribution in [-0.2, 0) is 11.8 Å². The van der Waals surface area contributed by atoms with E-state index in [1.807, 2.05) is 6.07 Å². The molecule has 2 aliphatic rings. The Hall–Kier alpha value is -3.38. The molecule has 8 nitrogen and oxygen atoms in total. The Balaban J connectivity index is 1.36. The highest BCUT2D eigenvalue weighted by molar-refractivity contribution is 5.92. The molecule has 0 aliphatic heterocycles. The molecule has 0 aromatic carbocycles. The number of carbonyl (C=O) groups is 2. The molecule has 1 N–H and O–H groups in total.